The van der Waals surface area contributed by atoms with E-state index in [1.807, 2.05) is 0 Å². The van der Waals surface area contributed by atoms with Gasteiger partial charge in [0.15, 0.2) is 11.6 Å². The smallest absolute Gasteiger partial charge is 0.159 e. The number of piperazine rings is 1. The fourth-order valence-corrected chi connectivity index (χ4v) is 2.35. The Labute approximate surface area is 106 Å². The molecule has 0 saturated carbocycles. The van der Waals surface area contributed by atoms with E-state index in [-0.39, 0.29) is 6.04 Å². The van der Waals surface area contributed by atoms with Gasteiger partial charge in [0.25, 0.3) is 0 Å². The monoisotopic (exact) mass is 255 g/mol. The Bertz CT molecular complexity index is 411. The van der Waals surface area contributed by atoms with Crippen LogP contribution >= 0.6 is 0 Å². The zero-order valence-corrected chi connectivity index (χ0v) is 10.6. The second-order valence-corrected chi connectivity index (χ2v) is 4.87. The molecule has 3 nitrogen and oxygen atoms in total. The second-order valence-electron chi connectivity index (χ2n) is 4.87. The first-order valence-corrected chi connectivity index (χ1v) is 6.16. The summed E-state index contributed by atoms with van der Waals surface area (Å²) in [5.74, 6) is -1.58. The summed E-state index contributed by atoms with van der Waals surface area (Å²) in [4.78, 5) is 4.46. The third-order valence-corrected chi connectivity index (χ3v) is 3.45. The molecule has 1 aromatic rings. The minimum absolute atomic E-state index is 0.275. The van der Waals surface area contributed by atoms with Crippen molar-refractivity contribution in [2.75, 3.05) is 33.2 Å². The maximum atomic E-state index is 13.1. The Balaban J connectivity index is 2.05. The highest BCUT2D eigenvalue weighted by Gasteiger charge is 2.24. The SMILES string of the molecule is CN1CCN(Cc2ccc(F)c(F)c2)C(CN)C1. The van der Waals surface area contributed by atoms with Crippen molar-refractivity contribution in [2.45, 2.75) is 12.6 Å². The van der Waals surface area contributed by atoms with Gasteiger partial charge in [-0.25, -0.2) is 8.78 Å². The number of hydrogen-bond donors (Lipinski definition) is 1. The van der Waals surface area contributed by atoms with Gasteiger partial charge in [-0.15, -0.1) is 0 Å². The average Bonchev–Trinajstić information content (AvgIpc) is 2.36. The van der Waals surface area contributed by atoms with Crippen LogP contribution in [-0.2, 0) is 6.54 Å². The van der Waals surface area contributed by atoms with Crippen LogP contribution in [0.15, 0.2) is 18.2 Å². The summed E-state index contributed by atoms with van der Waals surface area (Å²) in [7, 11) is 2.07. The molecule has 0 radical (unpaired) electrons. The quantitative estimate of drug-likeness (QED) is 0.876. The first-order valence-electron chi connectivity index (χ1n) is 6.16. The minimum Gasteiger partial charge on any atom is -0.329 e. The zero-order valence-electron chi connectivity index (χ0n) is 10.6. The first kappa shape index (κ1) is 13.4. The van der Waals surface area contributed by atoms with Gasteiger partial charge in [-0.1, -0.05) is 6.07 Å². The molecule has 1 atom stereocenters. The second kappa shape index (κ2) is 5.73. The molecule has 2 rings (SSSR count). The molecule has 0 aromatic heterocycles. The van der Waals surface area contributed by atoms with Crippen LogP contribution in [0.4, 0.5) is 8.78 Å². The summed E-state index contributed by atoms with van der Waals surface area (Å²) in [6.07, 6.45) is 0. The van der Waals surface area contributed by atoms with Gasteiger partial charge in [0, 0.05) is 38.8 Å². The van der Waals surface area contributed by atoms with Gasteiger partial charge in [0.05, 0.1) is 0 Å². The summed E-state index contributed by atoms with van der Waals surface area (Å²) in [5.41, 5.74) is 6.55. The van der Waals surface area contributed by atoms with E-state index in [1.165, 1.54) is 12.1 Å². The molecule has 1 aromatic carbocycles. The van der Waals surface area contributed by atoms with E-state index in [4.69, 9.17) is 5.73 Å². The maximum Gasteiger partial charge on any atom is 0.159 e. The van der Waals surface area contributed by atoms with Crippen molar-refractivity contribution in [1.82, 2.24) is 9.80 Å². The molecule has 0 amide bonds. The summed E-state index contributed by atoms with van der Waals surface area (Å²) in [6, 6.07) is 4.35. The van der Waals surface area contributed by atoms with Gasteiger partial charge >= 0.3 is 0 Å². The molecule has 1 saturated heterocycles. The largest absolute Gasteiger partial charge is 0.329 e. The summed E-state index contributed by atoms with van der Waals surface area (Å²) in [5, 5.41) is 0. The standard InChI is InChI=1S/C13H19F2N3/c1-17-4-5-18(11(7-16)9-17)8-10-2-3-12(14)13(15)6-10/h2-3,6,11H,4-5,7-9,16H2,1H3. The molecule has 1 fully saturated rings. The van der Waals surface area contributed by atoms with Crippen molar-refractivity contribution < 1.29 is 8.78 Å². The Hall–Kier alpha value is -1.04. The molecular formula is C13H19F2N3. The Kier molecular flexibility index (Phi) is 4.27. The highest BCUT2D eigenvalue weighted by molar-refractivity contribution is 5.18. The molecule has 1 heterocycles. The molecular weight excluding hydrogens is 236 g/mol. The van der Waals surface area contributed by atoms with Crippen LogP contribution in [0.5, 0.6) is 0 Å². The van der Waals surface area contributed by atoms with Crippen LogP contribution in [0.3, 0.4) is 0 Å². The Morgan fingerprint density at radius 1 is 1.28 bits per heavy atom. The van der Waals surface area contributed by atoms with E-state index in [2.05, 4.69) is 16.8 Å². The van der Waals surface area contributed by atoms with Crippen molar-refractivity contribution in [1.29, 1.82) is 0 Å². The van der Waals surface area contributed by atoms with Crippen molar-refractivity contribution >= 4 is 0 Å². The fraction of sp³-hybridized carbons (Fsp3) is 0.538. The molecule has 1 aliphatic heterocycles. The number of likely N-dealkylation sites (N-methyl/N-ethyl adjacent to an activating group) is 1. The lowest BCUT2D eigenvalue weighted by Gasteiger charge is -2.39. The number of rotatable bonds is 3. The summed E-state index contributed by atoms with van der Waals surface area (Å²) < 4.78 is 26.0. The molecule has 0 aliphatic carbocycles. The van der Waals surface area contributed by atoms with Crippen LogP contribution in [0, 0.1) is 11.6 Å². The van der Waals surface area contributed by atoms with Crippen LogP contribution < -0.4 is 5.73 Å². The molecule has 5 heteroatoms. The fourth-order valence-electron chi connectivity index (χ4n) is 2.35. The van der Waals surface area contributed by atoms with Gasteiger partial charge in [0.2, 0.25) is 0 Å². The molecule has 1 aliphatic rings. The van der Waals surface area contributed by atoms with Crippen molar-refractivity contribution in [3.63, 3.8) is 0 Å². The highest BCUT2D eigenvalue weighted by Crippen LogP contribution is 2.15. The molecule has 2 N–H and O–H groups in total. The highest BCUT2D eigenvalue weighted by atomic mass is 19.2. The van der Waals surface area contributed by atoms with Gasteiger partial charge in [-0.05, 0) is 24.7 Å². The number of halogens is 2. The minimum atomic E-state index is -0.799. The van der Waals surface area contributed by atoms with E-state index in [0.29, 0.717) is 13.1 Å². The van der Waals surface area contributed by atoms with Gasteiger partial charge in [-0.3, -0.25) is 4.90 Å². The van der Waals surface area contributed by atoms with Gasteiger partial charge < -0.3 is 10.6 Å². The van der Waals surface area contributed by atoms with Crippen LogP contribution in [0.25, 0.3) is 0 Å². The lowest BCUT2D eigenvalue weighted by molar-refractivity contribution is 0.0880. The van der Waals surface area contributed by atoms with E-state index in [0.717, 1.165) is 25.2 Å². The van der Waals surface area contributed by atoms with Crippen LogP contribution in [0.1, 0.15) is 5.56 Å². The number of nitrogens with zero attached hydrogens (tertiary/aromatic N) is 2. The van der Waals surface area contributed by atoms with Gasteiger partial charge in [-0.2, -0.15) is 0 Å². The van der Waals surface area contributed by atoms with Crippen molar-refractivity contribution in [3.05, 3.63) is 35.4 Å². The van der Waals surface area contributed by atoms with Crippen LogP contribution in [-0.4, -0.2) is 49.1 Å². The number of benzene rings is 1. The Morgan fingerprint density at radius 2 is 2.06 bits per heavy atom. The summed E-state index contributed by atoms with van der Waals surface area (Å²) in [6.45, 7) is 3.98. The predicted molar refractivity (Wildman–Crippen MR) is 67.1 cm³/mol. The molecule has 18 heavy (non-hydrogen) atoms. The zero-order chi connectivity index (χ0) is 13.1. The number of nitrogens with two attached hydrogens (primary N) is 1. The van der Waals surface area contributed by atoms with E-state index in [9.17, 15) is 8.78 Å². The van der Waals surface area contributed by atoms with Gasteiger partial charge in [0.1, 0.15) is 0 Å². The van der Waals surface area contributed by atoms with E-state index in [1.54, 1.807) is 6.07 Å². The lowest BCUT2D eigenvalue weighted by Crippen LogP contribution is -2.54. The Morgan fingerprint density at radius 3 is 2.72 bits per heavy atom. The molecule has 100 valence electrons. The summed E-state index contributed by atoms with van der Waals surface area (Å²) >= 11 is 0. The molecule has 0 bridgehead atoms. The molecule has 1 unspecified atom stereocenters. The average molecular weight is 255 g/mol. The molecule has 0 spiro atoms. The normalized spacial score (nSPS) is 22.3. The van der Waals surface area contributed by atoms with E-state index >= 15 is 0 Å². The number of hydrogen-bond acceptors (Lipinski definition) is 3. The third kappa shape index (κ3) is 3.04. The van der Waals surface area contributed by atoms with Crippen molar-refractivity contribution in [2.24, 2.45) is 5.73 Å². The van der Waals surface area contributed by atoms with E-state index < -0.39 is 11.6 Å². The third-order valence-electron chi connectivity index (χ3n) is 3.45. The predicted octanol–water partition coefficient (Wildman–Crippen LogP) is 1.04. The van der Waals surface area contributed by atoms with Crippen LogP contribution in [0.2, 0.25) is 0 Å². The van der Waals surface area contributed by atoms with Crippen molar-refractivity contribution in [3.8, 4) is 0 Å². The topological polar surface area (TPSA) is 32.5 Å². The maximum absolute atomic E-state index is 13.1. The first-order chi connectivity index (χ1) is 8.60. The lowest BCUT2D eigenvalue weighted by atomic mass is 10.1.